The molecule has 0 aromatic heterocycles. The van der Waals surface area contributed by atoms with Gasteiger partial charge in [0.1, 0.15) is 0 Å². The molecule has 2 nitrogen and oxygen atoms in total. The quantitative estimate of drug-likeness (QED) is 0.714. The fourth-order valence-electron chi connectivity index (χ4n) is 0.817. The Hall–Kier alpha value is -0.670. The van der Waals surface area contributed by atoms with E-state index in [0.29, 0.717) is 6.54 Å². The molecule has 0 radical (unpaired) electrons. The normalized spacial score (nSPS) is 12.9. The molecule has 0 heterocycles. The molecule has 2 N–H and O–H groups in total. The molecular weight excluding hydrogens is 158 g/mol. The lowest BCUT2D eigenvalue weighted by molar-refractivity contribution is 0.687. The van der Waals surface area contributed by atoms with Crippen molar-refractivity contribution in [1.29, 1.82) is 0 Å². The molecule has 1 aromatic rings. The van der Waals surface area contributed by atoms with Crippen molar-refractivity contribution in [2.45, 2.75) is 11.4 Å². The summed E-state index contributed by atoms with van der Waals surface area (Å²) in [5, 5.41) is 0. The largest absolute Gasteiger partial charge is 0.326 e. The van der Waals surface area contributed by atoms with Crippen LogP contribution in [0.3, 0.4) is 0 Å². The predicted octanol–water partition coefficient (Wildman–Crippen LogP) is 0.883. The predicted molar refractivity (Wildman–Crippen MR) is 46.7 cm³/mol. The van der Waals surface area contributed by atoms with Crippen LogP contribution in [0.2, 0.25) is 0 Å². The summed E-state index contributed by atoms with van der Waals surface area (Å²) in [6, 6.07) is 7.49. The van der Waals surface area contributed by atoms with Crippen LogP contribution in [0, 0.1) is 0 Å². The van der Waals surface area contributed by atoms with Crippen LogP contribution >= 0.6 is 0 Å². The van der Waals surface area contributed by atoms with Gasteiger partial charge < -0.3 is 5.73 Å². The van der Waals surface area contributed by atoms with Crippen LogP contribution in [0.4, 0.5) is 0 Å². The van der Waals surface area contributed by atoms with E-state index in [1.165, 1.54) is 0 Å². The first kappa shape index (κ1) is 8.43. The van der Waals surface area contributed by atoms with Crippen LogP contribution in [0.5, 0.6) is 0 Å². The maximum atomic E-state index is 10.9. The van der Waals surface area contributed by atoms with Crippen molar-refractivity contribution < 1.29 is 4.21 Å². The van der Waals surface area contributed by atoms with Gasteiger partial charge in [-0.05, 0) is 17.7 Å². The molecule has 0 amide bonds. The van der Waals surface area contributed by atoms with E-state index in [1.54, 1.807) is 6.26 Å². The van der Waals surface area contributed by atoms with Gasteiger partial charge >= 0.3 is 0 Å². The fraction of sp³-hybridized carbons (Fsp3) is 0.250. The molecule has 0 aliphatic rings. The maximum absolute atomic E-state index is 10.9. The molecule has 60 valence electrons. The van der Waals surface area contributed by atoms with Crippen LogP contribution in [-0.2, 0) is 17.3 Å². The van der Waals surface area contributed by atoms with Gasteiger partial charge in [0.2, 0.25) is 0 Å². The van der Waals surface area contributed by atoms with Crippen molar-refractivity contribution in [3.8, 4) is 0 Å². The third-order valence-electron chi connectivity index (χ3n) is 1.49. The van der Waals surface area contributed by atoms with Gasteiger partial charge in [-0.25, -0.2) is 0 Å². The van der Waals surface area contributed by atoms with Crippen LogP contribution in [0.25, 0.3) is 0 Å². The van der Waals surface area contributed by atoms with Crippen molar-refractivity contribution in [1.82, 2.24) is 0 Å². The molecule has 11 heavy (non-hydrogen) atoms. The molecule has 0 aliphatic carbocycles. The highest BCUT2D eigenvalue weighted by Crippen LogP contribution is 2.06. The number of hydrogen-bond donors (Lipinski definition) is 1. The lowest BCUT2D eigenvalue weighted by atomic mass is 10.2. The van der Waals surface area contributed by atoms with Crippen molar-refractivity contribution in [3.63, 3.8) is 0 Å². The third kappa shape index (κ3) is 2.13. The Bertz CT molecular complexity index is 255. The highest BCUT2D eigenvalue weighted by molar-refractivity contribution is 7.84. The Labute approximate surface area is 68.9 Å². The minimum atomic E-state index is -0.880. The van der Waals surface area contributed by atoms with Crippen LogP contribution < -0.4 is 5.73 Å². The second-order valence-electron chi connectivity index (χ2n) is 2.30. The average molecular weight is 169 g/mol. The lowest BCUT2D eigenvalue weighted by Crippen LogP contribution is -1.96. The number of benzene rings is 1. The molecule has 0 unspecified atom stereocenters. The molecule has 1 aromatic carbocycles. The molecular formula is C8H11NOS. The first-order valence-electron chi connectivity index (χ1n) is 3.36. The molecule has 0 bridgehead atoms. The summed E-state index contributed by atoms with van der Waals surface area (Å²) in [6.07, 6.45) is 1.66. The van der Waals surface area contributed by atoms with Gasteiger partial charge in [-0.1, -0.05) is 12.1 Å². The SMILES string of the molecule is C[S@@](=O)c1ccc(CN)cc1. The Morgan fingerprint density at radius 2 is 1.91 bits per heavy atom. The lowest BCUT2D eigenvalue weighted by Gasteiger charge is -1.97. The van der Waals surface area contributed by atoms with Crippen LogP contribution in [0.15, 0.2) is 29.2 Å². The topological polar surface area (TPSA) is 43.1 Å². The molecule has 1 rings (SSSR count). The third-order valence-corrected chi connectivity index (χ3v) is 2.43. The minimum Gasteiger partial charge on any atom is -0.326 e. The van der Waals surface area contributed by atoms with Gasteiger partial charge in [0.25, 0.3) is 0 Å². The molecule has 0 spiro atoms. The molecule has 1 atom stereocenters. The summed E-state index contributed by atoms with van der Waals surface area (Å²) in [7, 11) is -0.880. The second-order valence-corrected chi connectivity index (χ2v) is 3.68. The molecule has 0 aliphatic heterocycles. The summed E-state index contributed by atoms with van der Waals surface area (Å²) in [5.74, 6) is 0. The van der Waals surface area contributed by atoms with Gasteiger partial charge in [-0.3, -0.25) is 4.21 Å². The molecule has 3 heteroatoms. The van der Waals surface area contributed by atoms with E-state index in [-0.39, 0.29) is 0 Å². The first-order valence-corrected chi connectivity index (χ1v) is 4.92. The highest BCUT2D eigenvalue weighted by atomic mass is 32.2. The number of rotatable bonds is 2. The fourth-order valence-corrected chi connectivity index (χ4v) is 1.34. The van der Waals surface area contributed by atoms with Crippen LogP contribution in [0.1, 0.15) is 5.56 Å². The van der Waals surface area contributed by atoms with Gasteiger partial charge in [0, 0.05) is 28.5 Å². The van der Waals surface area contributed by atoms with Crippen molar-refractivity contribution in [2.75, 3.05) is 6.26 Å². The summed E-state index contributed by atoms with van der Waals surface area (Å²) in [6.45, 7) is 0.538. The zero-order chi connectivity index (χ0) is 8.27. The maximum Gasteiger partial charge on any atom is 0.0498 e. The molecule has 0 saturated heterocycles. The molecule has 0 fully saturated rings. The Morgan fingerprint density at radius 3 is 2.27 bits per heavy atom. The monoisotopic (exact) mass is 169 g/mol. The Balaban J connectivity index is 2.91. The smallest absolute Gasteiger partial charge is 0.0498 e. The number of hydrogen-bond acceptors (Lipinski definition) is 2. The molecule has 0 saturated carbocycles. The average Bonchev–Trinajstić information content (AvgIpc) is 2.05. The van der Waals surface area contributed by atoms with E-state index in [4.69, 9.17) is 5.73 Å². The van der Waals surface area contributed by atoms with E-state index < -0.39 is 10.8 Å². The van der Waals surface area contributed by atoms with Crippen molar-refractivity contribution >= 4 is 10.8 Å². The highest BCUT2D eigenvalue weighted by Gasteiger charge is 1.95. The number of nitrogens with two attached hydrogens (primary N) is 1. The first-order chi connectivity index (χ1) is 5.24. The van der Waals surface area contributed by atoms with Gasteiger partial charge in [0.15, 0.2) is 0 Å². The summed E-state index contributed by atoms with van der Waals surface area (Å²) in [5.41, 5.74) is 6.47. The standard InChI is InChI=1S/C8H11NOS/c1-11(10)8-4-2-7(6-9)3-5-8/h2-5H,6,9H2,1H3/t11-/m1/s1. The summed E-state index contributed by atoms with van der Waals surface area (Å²) >= 11 is 0. The Kier molecular flexibility index (Phi) is 2.79. The second kappa shape index (κ2) is 3.64. The van der Waals surface area contributed by atoms with E-state index in [2.05, 4.69) is 0 Å². The van der Waals surface area contributed by atoms with Gasteiger partial charge in [-0.2, -0.15) is 0 Å². The van der Waals surface area contributed by atoms with Gasteiger partial charge in [0.05, 0.1) is 0 Å². The van der Waals surface area contributed by atoms with Gasteiger partial charge in [-0.15, -0.1) is 0 Å². The van der Waals surface area contributed by atoms with E-state index in [9.17, 15) is 4.21 Å². The summed E-state index contributed by atoms with van der Waals surface area (Å²) in [4.78, 5) is 0.849. The van der Waals surface area contributed by atoms with Crippen molar-refractivity contribution in [3.05, 3.63) is 29.8 Å². The van der Waals surface area contributed by atoms with E-state index in [1.807, 2.05) is 24.3 Å². The minimum absolute atomic E-state index is 0.538. The van der Waals surface area contributed by atoms with E-state index >= 15 is 0 Å². The summed E-state index contributed by atoms with van der Waals surface area (Å²) < 4.78 is 10.9. The zero-order valence-electron chi connectivity index (χ0n) is 6.41. The van der Waals surface area contributed by atoms with E-state index in [0.717, 1.165) is 10.5 Å². The van der Waals surface area contributed by atoms with Crippen molar-refractivity contribution in [2.24, 2.45) is 5.73 Å². The zero-order valence-corrected chi connectivity index (χ0v) is 7.23. The van der Waals surface area contributed by atoms with Crippen LogP contribution in [-0.4, -0.2) is 10.5 Å². The Morgan fingerprint density at radius 1 is 1.36 bits per heavy atom.